The molecule has 1 aromatic carbocycles. The summed E-state index contributed by atoms with van der Waals surface area (Å²) in [6, 6.07) is 5.46. The SMILES string of the molecule is CCc1c(C)n(C)c2c(C(=O)O)cccc12. The van der Waals surface area contributed by atoms with E-state index >= 15 is 0 Å². The van der Waals surface area contributed by atoms with Gasteiger partial charge in [0.2, 0.25) is 0 Å². The third-order valence-electron chi connectivity index (χ3n) is 3.22. The Hall–Kier alpha value is -1.77. The summed E-state index contributed by atoms with van der Waals surface area (Å²) >= 11 is 0. The smallest absolute Gasteiger partial charge is 0.337 e. The Morgan fingerprint density at radius 1 is 1.44 bits per heavy atom. The normalized spacial score (nSPS) is 10.9. The first-order valence-electron chi connectivity index (χ1n) is 5.38. The van der Waals surface area contributed by atoms with Gasteiger partial charge in [-0.15, -0.1) is 0 Å². The van der Waals surface area contributed by atoms with Gasteiger partial charge in [0.05, 0.1) is 11.1 Å². The summed E-state index contributed by atoms with van der Waals surface area (Å²) in [5.41, 5.74) is 3.58. The molecule has 0 spiro atoms. The van der Waals surface area contributed by atoms with Gasteiger partial charge < -0.3 is 9.67 Å². The summed E-state index contributed by atoms with van der Waals surface area (Å²) in [5.74, 6) is -0.867. The van der Waals surface area contributed by atoms with E-state index in [0.29, 0.717) is 5.56 Å². The number of hydrogen-bond acceptors (Lipinski definition) is 1. The molecule has 2 rings (SSSR count). The van der Waals surface area contributed by atoms with Crippen molar-refractivity contribution in [2.75, 3.05) is 0 Å². The molecule has 0 bridgehead atoms. The molecule has 0 fully saturated rings. The van der Waals surface area contributed by atoms with Crippen molar-refractivity contribution in [3.05, 3.63) is 35.0 Å². The molecular weight excluding hydrogens is 202 g/mol. The lowest BCUT2D eigenvalue weighted by Crippen LogP contribution is -2.01. The van der Waals surface area contributed by atoms with E-state index in [4.69, 9.17) is 5.11 Å². The minimum absolute atomic E-state index is 0.378. The third kappa shape index (κ3) is 1.32. The van der Waals surface area contributed by atoms with E-state index < -0.39 is 5.97 Å². The zero-order chi connectivity index (χ0) is 11.9. The largest absolute Gasteiger partial charge is 0.478 e. The van der Waals surface area contributed by atoms with Crippen LogP contribution in [-0.4, -0.2) is 15.6 Å². The van der Waals surface area contributed by atoms with Crippen LogP contribution in [0.4, 0.5) is 0 Å². The van der Waals surface area contributed by atoms with Gasteiger partial charge in [-0.3, -0.25) is 0 Å². The third-order valence-corrected chi connectivity index (χ3v) is 3.22. The predicted molar refractivity (Wildman–Crippen MR) is 64.0 cm³/mol. The number of benzene rings is 1. The number of carboxylic acids is 1. The minimum atomic E-state index is -0.867. The van der Waals surface area contributed by atoms with Crippen LogP contribution in [0.15, 0.2) is 18.2 Å². The Labute approximate surface area is 94.3 Å². The number of para-hydroxylation sites is 1. The van der Waals surface area contributed by atoms with Gasteiger partial charge in [0.15, 0.2) is 0 Å². The van der Waals surface area contributed by atoms with Crippen LogP contribution >= 0.6 is 0 Å². The minimum Gasteiger partial charge on any atom is -0.478 e. The quantitative estimate of drug-likeness (QED) is 0.840. The molecule has 0 aliphatic heterocycles. The maximum absolute atomic E-state index is 11.2. The number of carboxylic acid groups (broad SMARTS) is 1. The van der Waals surface area contributed by atoms with E-state index in [2.05, 4.69) is 6.92 Å². The van der Waals surface area contributed by atoms with Crippen molar-refractivity contribution < 1.29 is 9.90 Å². The Balaban J connectivity index is 2.94. The van der Waals surface area contributed by atoms with E-state index in [1.807, 2.05) is 30.7 Å². The molecular formula is C13H15NO2. The fourth-order valence-corrected chi connectivity index (χ4v) is 2.33. The molecule has 16 heavy (non-hydrogen) atoms. The van der Waals surface area contributed by atoms with Gasteiger partial charge in [0.1, 0.15) is 0 Å². The van der Waals surface area contributed by atoms with Gasteiger partial charge in [-0.25, -0.2) is 4.79 Å². The van der Waals surface area contributed by atoms with E-state index in [0.717, 1.165) is 23.0 Å². The van der Waals surface area contributed by atoms with Crippen LogP contribution < -0.4 is 0 Å². The molecule has 0 aliphatic rings. The topological polar surface area (TPSA) is 42.2 Å². The fraction of sp³-hybridized carbons (Fsp3) is 0.308. The second-order valence-electron chi connectivity index (χ2n) is 3.98. The number of rotatable bonds is 2. The van der Waals surface area contributed by atoms with Crippen molar-refractivity contribution in [2.45, 2.75) is 20.3 Å². The van der Waals surface area contributed by atoms with E-state index in [9.17, 15) is 4.79 Å². The number of aryl methyl sites for hydroxylation is 2. The van der Waals surface area contributed by atoms with Crippen LogP contribution in [0, 0.1) is 6.92 Å². The lowest BCUT2D eigenvalue weighted by Gasteiger charge is -2.02. The molecule has 0 unspecified atom stereocenters. The average Bonchev–Trinajstić information content (AvgIpc) is 2.51. The monoisotopic (exact) mass is 217 g/mol. The van der Waals surface area contributed by atoms with Crippen LogP contribution in [0.25, 0.3) is 10.9 Å². The summed E-state index contributed by atoms with van der Waals surface area (Å²) in [6.07, 6.45) is 0.923. The van der Waals surface area contributed by atoms with Gasteiger partial charge in [-0.2, -0.15) is 0 Å². The number of nitrogens with zero attached hydrogens (tertiary/aromatic N) is 1. The van der Waals surface area contributed by atoms with Crippen LogP contribution in [0.2, 0.25) is 0 Å². The Bertz CT molecular complexity index is 567. The first-order valence-corrected chi connectivity index (χ1v) is 5.38. The maximum Gasteiger partial charge on any atom is 0.337 e. The highest BCUT2D eigenvalue weighted by molar-refractivity contribution is 6.03. The van der Waals surface area contributed by atoms with Crippen molar-refractivity contribution in [3.63, 3.8) is 0 Å². The van der Waals surface area contributed by atoms with Crippen LogP contribution in [0.1, 0.15) is 28.5 Å². The van der Waals surface area contributed by atoms with Crippen LogP contribution in [0.5, 0.6) is 0 Å². The van der Waals surface area contributed by atoms with Crippen molar-refractivity contribution in [1.82, 2.24) is 4.57 Å². The van der Waals surface area contributed by atoms with Gasteiger partial charge in [-0.05, 0) is 25.0 Å². The summed E-state index contributed by atoms with van der Waals surface area (Å²) in [7, 11) is 1.92. The van der Waals surface area contributed by atoms with Gasteiger partial charge in [0.25, 0.3) is 0 Å². The molecule has 0 amide bonds. The summed E-state index contributed by atoms with van der Waals surface area (Å²) in [6.45, 7) is 4.12. The molecule has 3 nitrogen and oxygen atoms in total. The van der Waals surface area contributed by atoms with E-state index in [-0.39, 0.29) is 0 Å². The second-order valence-corrected chi connectivity index (χ2v) is 3.98. The first-order chi connectivity index (χ1) is 7.57. The Kier molecular flexibility index (Phi) is 2.46. The summed E-state index contributed by atoms with van der Waals surface area (Å²) in [4.78, 5) is 11.2. The number of fused-ring (bicyclic) bond motifs is 1. The van der Waals surface area contributed by atoms with Gasteiger partial charge in [0, 0.05) is 18.1 Å². The Morgan fingerprint density at radius 3 is 2.69 bits per heavy atom. The number of hydrogen-bond donors (Lipinski definition) is 1. The molecule has 0 atom stereocenters. The lowest BCUT2D eigenvalue weighted by molar-refractivity contribution is 0.0698. The Morgan fingerprint density at radius 2 is 2.12 bits per heavy atom. The molecule has 1 N–H and O–H groups in total. The standard InChI is InChI=1S/C13H15NO2/c1-4-9-8(2)14(3)12-10(9)6-5-7-11(12)13(15)16/h5-7H,4H2,1-3H3,(H,15,16). The zero-order valence-corrected chi connectivity index (χ0v) is 9.74. The molecule has 2 aromatic rings. The number of aromatic carboxylic acids is 1. The van der Waals surface area contributed by atoms with Crippen molar-refractivity contribution >= 4 is 16.9 Å². The lowest BCUT2D eigenvalue weighted by atomic mass is 10.1. The molecule has 1 aromatic heterocycles. The zero-order valence-electron chi connectivity index (χ0n) is 9.74. The predicted octanol–water partition coefficient (Wildman–Crippen LogP) is 2.75. The number of aromatic nitrogens is 1. The molecule has 3 heteroatoms. The second kappa shape index (κ2) is 3.67. The van der Waals surface area contributed by atoms with Crippen LogP contribution in [-0.2, 0) is 13.5 Å². The molecule has 1 heterocycles. The fourth-order valence-electron chi connectivity index (χ4n) is 2.33. The highest BCUT2D eigenvalue weighted by Crippen LogP contribution is 2.27. The molecule has 0 saturated heterocycles. The molecule has 0 aliphatic carbocycles. The van der Waals surface area contributed by atoms with Crippen molar-refractivity contribution in [2.24, 2.45) is 7.05 Å². The summed E-state index contributed by atoms with van der Waals surface area (Å²) < 4.78 is 1.97. The number of carbonyl (C=O) groups is 1. The average molecular weight is 217 g/mol. The highest BCUT2D eigenvalue weighted by Gasteiger charge is 2.16. The van der Waals surface area contributed by atoms with Crippen molar-refractivity contribution in [1.29, 1.82) is 0 Å². The first kappa shape index (κ1) is 10.7. The maximum atomic E-state index is 11.2. The highest BCUT2D eigenvalue weighted by atomic mass is 16.4. The molecule has 0 radical (unpaired) electrons. The van der Waals surface area contributed by atoms with Gasteiger partial charge in [-0.1, -0.05) is 19.1 Å². The molecule has 0 saturated carbocycles. The van der Waals surface area contributed by atoms with Gasteiger partial charge >= 0.3 is 5.97 Å². The van der Waals surface area contributed by atoms with E-state index in [1.54, 1.807) is 6.07 Å². The van der Waals surface area contributed by atoms with Crippen molar-refractivity contribution in [3.8, 4) is 0 Å². The summed E-state index contributed by atoms with van der Waals surface area (Å²) in [5, 5.41) is 10.2. The van der Waals surface area contributed by atoms with Crippen LogP contribution in [0.3, 0.4) is 0 Å². The molecule has 84 valence electrons. The van der Waals surface area contributed by atoms with E-state index in [1.165, 1.54) is 5.56 Å².